The van der Waals surface area contributed by atoms with Crippen LogP contribution in [0.5, 0.6) is 0 Å². The van der Waals surface area contributed by atoms with Gasteiger partial charge in [0.1, 0.15) is 73.2 Å². The van der Waals surface area contributed by atoms with E-state index in [0.29, 0.717) is 12.8 Å². The van der Waals surface area contributed by atoms with E-state index in [2.05, 4.69) is 79.9 Å². The quantitative estimate of drug-likeness (QED) is 0.0199. The summed E-state index contributed by atoms with van der Waals surface area (Å²) in [6.07, 6.45) is 56.0. The van der Waals surface area contributed by atoms with Crippen molar-refractivity contribution in [1.82, 2.24) is 5.32 Å². The summed E-state index contributed by atoms with van der Waals surface area (Å²) in [7, 11) is 0. The summed E-state index contributed by atoms with van der Waals surface area (Å²) in [5, 5.41) is 121. The minimum Gasteiger partial charge on any atom is -0.394 e. The van der Waals surface area contributed by atoms with Crippen molar-refractivity contribution in [3.63, 3.8) is 0 Å². The molecule has 3 saturated heterocycles. The lowest BCUT2D eigenvalue weighted by molar-refractivity contribution is -0.379. The summed E-state index contributed by atoms with van der Waals surface area (Å²) in [5.74, 6) is -0.237. The van der Waals surface area contributed by atoms with Crippen molar-refractivity contribution in [2.45, 2.75) is 439 Å². The zero-order valence-corrected chi connectivity index (χ0v) is 64.5. The van der Waals surface area contributed by atoms with Gasteiger partial charge in [-0.15, -0.1) is 0 Å². The van der Waals surface area contributed by atoms with Gasteiger partial charge in [-0.1, -0.05) is 331 Å². The van der Waals surface area contributed by atoms with Crippen molar-refractivity contribution in [2.24, 2.45) is 0 Å². The number of carbonyl (C=O) groups is 1. The first-order valence-corrected chi connectivity index (χ1v) is 42.0. The topological polar surface area (TPSA) is 307 Å². The van der Waals surface area contributed by atoms with Crippen molar-refractivity contribution in [2.75, 3.05) is 26.4 Å². The van der Waals surface area contributed by atoms with Gasteiger partial charge in [-0.3, -0.25) is 4.79 Å². The number of nitrogens with one attached hydrogen (secondary N) is 1. The zero-order chi connectivity index (χ0) is 74.6. The number of hydrogen-bond acceptors (Lipinski definition) is 18. The highest BCUT2D eigenvalue weighted by molar-refractivity contribution is 5.76. The fourth-order valence-electron chi connectivity index (χ4n) is 14.2. The van der Waals surface area contributed by atoms with E-state index in [1.165, 1.54) is 225 Å². The summed E-state index contributed by atoms with van der Waals surface area (Å²) in [6.45, 7) is 1.73. The smallest absolute Gasteiger partial charge is 0.220 e. The normalized spacial score (nSPS) is 26.3. The number of aliphatic hydroxyl groups excluding tert-OH is 11. The van der Waals surface area contributed by atoms with E-state index >= 15 is 0 Å². The molecule has 0 aromatic heterocycles. The molecule has 3 rings (SSSR count). The van der Waals surface area contributed by atoms with Crippen molar-refractivity contribution in [3.8, 4) is 0 Å². The lowest BCUT2D eigenvalue weighted by Crippen LogP contribution is -2.66. The molecule has 0 aromatic carbocycles. The Morgan fingerprint density at radius 1 is 0.359 bits per heavy atom. The fourth-order valence-corrected chi connectivity index (χ4v) is 14.2. The van der Waals surface area contributed by atoms with Gasteiger partial charge in [-0.25, -0.2) is 0 Å². The maximum Gasteiger partial charge on any atom is 0.220 e. The molecule has 3 fully saturated rings. The van der Waals surface area contributed by atoms with Crippen LogP contribution in [-0.2, 0) is 33.2 Å². The standard InChI is InChI=1S/C84H153NO18/c1-3-5-7-9-11-13-15-17-19-21-23-25-26-27-28-29-30-31-32-33-34-35-36-37-38-39-40-42-44-46-48-50-52-54-56-58-60-62-72(90)85-67(68(89)61-59-57-55-53-51-49-47-45-43-41-24-22-20-18-16-14-12-10-8-6-4-2)66-98-82-78(96)75(93)80(70(64-87)100-82)103-84-79(97)76(94)81(71(65-88)101-84)102-83-77(95)74(92)73(91)69(63-86)99-83/h5,7,11,13,17,19,23,25,27-28,67-71,73-84,86-89,91-97H,3-4,6,8-10,12,14-16,18,20-22,24,26,29-66H2,1-2H3,(H,85,90)/b7-5-,13-11-,19-17-,25-23-,28-27-. The van der Waals surface area contributed by atoms with Crippen LogP contribution in [0.15, 0.2) is 60.8 Å². The Hall–Kier alpha value is -2.51. The number of ether oxygens (including phenoxy) is 6. The van der Waals surface area contributed by atoms with Crippen LogP contribution in [0.25, 0.3) is 0 Å². The van der Waals surface area contributed by atoms with Gasteiger partial charge in [0, 0.05) is 6.42 Å². The maximum atomic E-state index is 13.5. The van der Waals surface area contributed by atoms with Crippen LogP contribution in [0.4, 0.5) is 0 Å². The Kier molecular flexibility index (Phi) is 59.1. The molecule has 3 aliphatic rings. The van der Waals surface area contributed by atoms with E-state index in [-0.39, 0.29) is 18.9 Å². The highest BCUT2D eigenvalue weighted by atomic mass is 16.8. The van der Waals surface area contributed by atoms with E-state index < -0.39 is 124 Å². The first-order valence-electron chi connectivity index (χ1n) is 42.0. The molecule has 0 bridgehead atoms. The van der Waals surface area contributed by atoms with Gasteiger partial charge in [0.15, 0.2) is 18.9 Å². The van der Waals surface area contributed by atoms with Gasteiger partial charge in [-0.2, -0.15) is 0 Å². The SMILES string of the molecule is CC/C=C\C/C=C\C/C=C\C/C=C\C/C=C\CCCCCCCCCCCCCCCCCCCCCCCC(=O)NC(COC1OC(CO)C(OC2OC(CO)C(OC3OC(CO)C(O)C(O)C3O)C(O)C2O)C(O)C1O)C(O)CCCCCCCCCCCCCCCCCCCCCCC. The first-order chi connectivity index (χ1) is 50.3. The number of aliphatic hydroxyl groups is 11. The second kappa shape index (κ2) is 64.3. The lowest BCUT2D eigenvalue weighted by Gasteiger charge is -2.48. The average Bonchev–Trinajstić information content (AvgIpc) is 0.781. The van der Waals surface area contributed by atoms with Crippen LogP contribution in [0.3, 0.4) is 0 Å². The van der Waals surface area contributed by atoms with Gasteiger partial charge in [0.2, 0.25) is 5.91 Å². The van der Waals surface area contributed by atoms with Crippen LogP contribution in [-0.4, -0.2) is 193 Å². The Labute approximate surface area is 624 Å². The molecule has 17 unspecified atom stereocenters. The highest BCUT2D eigenvalue weighted by Gasteiger charge is 2.54. The fraction of sp³-hybridized carbons (Fsp3) is 0.869. The van der Waals surface area contributed by atoms with Crippen LogP contribution < -0.4 is 5.32 Å². The van der Waals surface area contributed by atoms with Crippen LogP contribution in [0.2, 0.25) is 0 Å². The molecule has 1 amide bonds. The van der Waals surface area contributed by atoms with E-state index in [1.807, 2.05) is 0 Å². The molecule has 3 heterocycles. The third-order valence-corrected chi connectivity index (χ3v) is 20.9. The molecule has 0 radical (unpaired) electrons. The molecule has 602 valence electrons. The molecule has 0 spiro atoms. The minimum atomic E-state index is -1.97. The van der Waals surface area contributed by atoms with Gasteiger partial charge >= 0.3 is 0 Å². The predicted octanol–water partition coefficient (Wildman–Crippen LogP) is 14.6. The van der Waals surface area contributed by atoms with Crippen molar-refractivity contribution >= 4 is 5.91 Å². The Morgan fingerprint density at radius 3 is 1.05 bits per heavy atom. The second-order valence-corrected chi connectivity index (χ2v) is 29.9. The van der Waals surface area contributed by atoms with Crippen LogP contribution in [0.1, 0.15) is 335 Å². The summed E-state index contributed by atoms with van der Waals surface area (Å²) >= 11 is 0. The highest BCUT2D eigenvalue weighted by Crippen LogP contribution is 2.33. The number of unbranched alkanes of at least 4 members (excludes halogenated alkanes) is 41. The van der Waals surface area contributed by atoms with Gasteiger partial charge in [0.25, 0.3) is 0 Å². The Balaban J connectivity index is 1.32. The third kappa shape index (κ3) is 44.1. The summed E-state index contributed by atoms with van der Waals surface area (Å²) in [6, 6.07) is -0.888. The van der Waals surface area contributed by atoms with Crippen molar-refractivity contribution < 1.29 is 89.4 Å². The predicted molar refractivity (Wildman–Crippen MR) is 411 cm³/mol. The number of hydrogen-bond donors (Lipinski definition) is 12. The van der Waals surface area contributed by atoms with E-state index in [0.717, 1.165) is 77.0 Å². The maximum absolute atomic E-state index is 13.5. The molecule has 0 saturated carbocycles. The number of allylic oxidation sites excluding steroid dienone is 10. The molecule has 0 aliphatic carbocycles. The minimum absolute atomic E-state index is 0.237. The molecule has 19 heteroatoms. The Morgan fingerprint density at radius 2 is 0.670 bits per heavy atom. The van der Waals surface area contributed by atoms with E-state index in [9.17, 15) is 61.0 Å². The van der Waals surface area contributed by atoms with Crippen LogP contribution >= 0.6 is 0 Å². The van der Waals surface area contributed by atoms with Crippen molar-refractivity contribution in [3.05, 3.63) is 60.8 Å². The molecule has 12 N–H and O–H groups in total. The monoisotopic (exact) mass is 1460 g/mol. The van der Waals surface area contributed by atoms with E-state index in [4.69, 9.17) is 28.4 Å². The number of amides is 1. The summed E-state index contributed by atoms with van der Waals surface area (Å²) in [4.78, 5) is 13.5. The van der Waals surface area contributed by atoms with Gasteiger partial charge < -0.3 is 89.9 Å². The Bertz CT molecular complexity index is 2090. The van der Waals surface area contributed by atoms with Gasteiger partial charge in [-0.05, 0) is 57.8 Å². The molecular weight excluding hydrogens is 1310 g/mol. The molecule has 17 atom stereocenters. The molecular formula is C84H153NO18. The van der Waals surface area contributed by atoms with Crippen molar-refractivity contribution in [1.29, 1.82) is 0 Å². The summed E-state index contributed by atoms with van der Waals surface area (Å²) < 4.78 is 34.5. The molecule has 0 aromatic rings. The van der Waals surface area contributed by atoms with Gasteiger partial charge in [0.05, 0.1) is 38.6 Å². The first kappa shape index (κ1) is 94.7. The molecule has 3 aliphatic heterocycles. The summed E-state index contributed by atoms with van der Waals surface area (Å²) in [5.41, 5.74) is 0. The molecule has 103 heavy (non-hydrogen) atoms. The van der Waals surface area contributed by atoms with E-state index in [1.54, 1.807) is 0 Å². The largest absolute Gasteiger partial charge is 0.394 e. The lowest BCUT2D eigenvalue weighted by atomic mass is 9.96. The average molecular weight is 1470 g/mol. The molecule has 19 nitrogen and oxygen atoms in total. The number of carbonyl (C=O) groups excluding carboxylic acids is 1. The second-order valence-electron chi connectivity index (χ2n) is 29.9. The van der Waals surface area contributed by atoms with Crippen LogP contribution in [0, 0.1) is 0 Å². The third-order valence-electron chi connectivity index (χ3n) is 20.9. The zero-order valence-electron chi connectivity index (χ0n) is 64.5. The number of rotatable bonds is 67.